The molecule has 2 heterocycles. The summed E-state index contributed by atoms with van der Waals surface area (Å²) < 4.78 is 24.4. The van der Waals surface area contributed by atoms with Crippen LogP contribution in [0.5, 0.6) is 0 Å². The van der Waals surface area contributed by atoms with Gasteiger partial charge in [-0.3, -0.25) is 0 Å². The quantitative estimate of drug-likeness (QED) is 0.941. The number of rotatable bonds is 3. The van der Waals surface area contributed by atoms with E-state index in [2.05, 4.69) is 10.1 Å². The predicted octanol–water partition coefficient (Wildman–Crippen LogP) is 2.28. The molecule has 0 saturated carbocycles. The van der Waals surface area contributed by atoms with E-state index in [0.717, 1.165) is 6.42 Å². The van der Waals surface area contributed by atoms with Crippen molar-refractivity contribution in [2.24, 2.45) is 5.73 Å². The van der Waals surface area contributed by atoms with E-state index < -0.39 is 0 Å². The van der Waals surface area contributed by atoms with Crippen molar-refractivity contribution in [2.75, 3.05) is 13.2 Å². The monoisotopic (exact) mass is 311 g/mol. The van der Waals surface area contributed by atoms with Crippen molar-refractivity contribution in [2.45, 2.75) is 24.8 Å². The van der Waals surface area contributed by atoms with E-state index >= 15 is 0 Å². The average Bonchev–Trinajstić information content (AvgIpc) is 2.92. The standard InChI is InChI=1S/C14H15ClFN3O2/c15-10-2-1-3-11(16)8(10)6-13-18-14(21-19-13)9-7-20-5-4-12(9)17/h1-3,9,12H,4-7,17H2. The highest BCUT2D eigenvalue weighted by molar-refractivity contribution is 6.31. The molecule has 7 heteroatoms. The Kier molecular flexibility index (Phi) is 4.19. The lowest BCUT2D eigenvalue weighted by molar-refractivity contribution is 0.0590. The van der Waals surface area contributed by atoms with Gasteiger partial charge in [0.2, 0.25) is 5.89 Å². The molecule has 2 atom stereocenters. The van der Waals surface area contributed by atoms with Gasteiger partial charge in [0.25, 0.3) is 0 Å². The van der Waals surface area contributed by atoms with Gasteiger partial charge < -0.3 is 15.0 Å². The Hall–Kier alpha value is -1.50. The normalized spacial score (nSPS) is 22.4. The molecule has 0 bridgehead atoms. The molecule has 1 aliphatic heterocycles. The molecule has 2 unspecified atom stereocenters. The molecular formula is C14H15ClFN3O2. The van der Waals surface area contributed by atoms with Crippen molar-refractivity contribution in [3.8, 4) is 0 Å². The molecule has 1 aliphatic rings. The van der Waals surface area contributed by atoms with Crippen molar-refractivity contribution in [3.05, 3.63) is 46.3 Å². The van der Waals surface area contributed by atoms with Crippen molar-refractivity contribution in [3.63, 3.8) is 0 Å². The second-order valence-corrected chi connectivity index (χ2v) is 5.47. The van der Waals surface area contributed by atoms with Gasteiger partial charge in [-0.15, -0.1) is 0 Å². The molecule has 0 spiro atoms. The Morgan fingerprint density at radius 2 is 2.29 bits per heavy atom. The zero-order valence-corrected chi connectivity index (χ0v) is 12.0. The lowest BCUT2D eigenvalue weighted by Crippen LogP contribution is -2.37. The molecule has 2 aromatic rings. The molecule has 3 rings (SSSR count). The van der Waals surface area contributed by atoms with Gasteiger partial charge in [-0.25, -0.2) is 4.39 Å². The molecule has 112 valence electrons. The summed E-state index contributed by atoms with van der Waals surface area (Å²) in [6.45, 7) is 1.10. The first kappa shape index (κ1) is 14.4. The van der Waals surface area contributed by atoms with Gasteiger partial charge in [-0.05, 0) is 18.6 Å². The van der Waals surface area contributed by atoms with Gasteiger partial charge in [0, 0.05) is 29.7 Å². The number of nitrogens with two attached hydrogens (primary N) is 1. The highest BCUT2D eigenvalue weighted by Gasteiger charge is 2.29. The van der Waals surface area contributed by atoms with Crippen LogP contribution in [0.1, 0.15) is 29.6 Å². The SMILES string of the molecule is NC1CCOCC1c1nc(Cc2c(F)cccc2Cl)no1. The van der Waals surface area contributed by atoms with E-state index in [4.69, 9.17) is 26.6 Å². The smallest absolute Gasteiger partial charge is 0.233 e. The summed E-state index contributed by atoms with van der Waals surface area (Å²) in [4.78, 5) is 4.30. The second-order valence-electron chi connectivity index (χ2n) is 5.06. The van der Waals surface area contributed by atoms with Crippen LogP contribution in [0.25, 0.3) is 0 Å². The number of benzene rings is 1. The number of ether oxygens (including phenoxy) is 1. The molecule has 0 amide bonds. The van der Waals surface area contributed by atoms with Crippen molar-refractivity contribution in [1.82, 2.24) is 10.1 Å². The fourth-order valence-corrected chi connectivity index (χ4v) is 2.59. The summed E-state index contributed by atoms with van der Waals surface area (Å²) in [6.07, 6.45) is 0.930. The minimum absolute atomic E-state index is 0.0656. The molecule has 1 saturated heterocycles. The lowest BCUT2D eigenvalue weighted by atomic mass is 9.97. The van der Waals surface area contributed by atoms with Crippen molar-refractivity contribution >= 4 is 11.6 Å². The Morgan fingerprint density at radius 1 is 1.43 bits per heavy atom. The lowest BCUT2D eigenvalue weighted by Gasteiger charge is -2.25. The maximum absolute atomic E-state index is 13.7. The minimum atomic E-state index is -0.383. The summed E-state index contributed by atoms with van der Waals surface area (Å²) >= 11 is 5.99. The van der Waals surface area contributed by atoms with Crippen molar-refractivity contribution < 1.29 is 13.7 Å². The summed E-state index contributed by atoms with van der Waals surface area (Å²) in [7, 11) is 0. The fraction of sp³-hybridized carbons (Fsp3) is 0.429. The minimum Gasteiger partial charge on any atom is -0.381 e. The Morgan fingerprint density at radius 3 is 3.05 bits per heavy atom. The van der Waals surface area contributed by atoms with Crippen LogP contribution in [0.4, 0.5) is 4.39 Å². The van der Waals surface area contributed by atoms with Crippen LogP contribution < -0.4 is 5.73 Å². The summed E-state index contributed by atoms with van der Waals surface area (Å²) in [6, 6.07) is 4.48. The Bertz CT molecular complexity index is 614. The summed E-state index contributed by atoms with van der Waals surface area (Å²) in [5, 5.41) is 4.23. The third kappa shape index (κ3) is 3.07. The maximum Gasteiger partial charge on any atom is 0.233 e. The largest absolute Gasteiger partial charge is 0.381 e. The van der Waals surface area contributed by atoms with E-state index in [9.17, 15) is 4.39 Å². The van der Waals surface area contributed by atoms with Gasteiger partial charge in [0.15, 0.2) is 5.82 Å². The van der Waals surface area contributed by atoms with E-state index in [0.29, 0.717) is 35.5 Å². The molecule has 1 aromatic heterocycles. The van der Waals surface area contributed by atoms with E-state index in [1.807, 2.05) is 0 Å². The van der Waals surface area contributed by atoms with Crippen LogP contribution >= 0.6 is 11.6 Å². The molecule has 1 aromatic carbocycles. The maximum atomic E-state index is 13.7. The highest BCUT2D eigenvalue weighted by atomic mass is 35.5. The van der Waals surface area contributed by atoms with Gasteiger partial charge in [0.05, 0.1) is 12.5 Å². The molecule has 0 radical (unpaired) electrons. The first-order valence-corrected chi connectivity index (χ1v) is 7.11. The fourth-order valence-electron chi connectivity index (χ4n) is 2.36. The third-order valence-electron chi connectivity index (χ3n) is 3.61. The summed E-state index contributed by atoms with van der Waals surface area (Å²) in [5.41, 5.74) is 6.39. The highest BCUT2D eigenvalue weighted by Crippen LogP contribution is 2.25. The van der Waals surface area contributed by atoms with Gasteiger partial charge in [-0.1, -0.05) is 22.8 Å². The van der Waals surface area contributed by atoms with Crippen LogP contribution in [-0.4, -0.2) is 29.4 Å². The van der Waals surface area contributed by atoms with Crippen LogP contribution in [0.2, 0.25) is 5.02 Å². The first-order chi connectivity index (χ1) is 10.1. The first-order valence-electron chi connectivity index (χ1n) is 6.74. The van der Waals surface area contributed by atoms with Crippen LogP contribution in [0.3, 0.4) is 0 Å². The number of aromatic nitrogens is 2. The molecule has 5 nitrogen and oxygen atoms in total. The zero-order chi connectivity index (χ0) is 14.8. The Balaban J connectivity index is 1.79. The number of halogens is 2. The van der Waals surface area contributed by atoms with Crippen LogP contribution in [0, 0.1) is 5.82 Å². The number of hydrogen-bond acceptors (Lipinski definition) is 5. The van der Waals surface area contributed by atoms with Crippen molar-refractivity contribution in [1.29, 1.82) is 0 Å². The number of hydrogen-bond donors (Lipinski definition) is 1. The van der Waals surface area contributed by atoms with Gasteiger partial charge in [-0.2, -0.15) is 4.98 Å². The van der Waals surface area contributed by atoms with Crippen LogP contribution in [0.15, 0.2) is 22.7 Å². The second kappa shape index (κ2) is 6.09. The molecule has 21 heavy (non-hydrogen) atoms. The molecule has 1 fully saturated rings. The third-order valence-corrected chi connectivity index (χ3v) is 3.96. The topological polar surface area (TPSA) is 74.2 Å². The molecule has 2 N–H and O–H groups in total. The van der Waals surface area contributed by atoms with E-state index in [-0.39, 0.29) is 24.2 Å². The van der Waals surface area contributed by atoms with E-state index in [1.165, 1.54) is 6.07 Å². The van der Waals surface area contributed by atoms with Gasteiger partial charge >= 0.3 is 0 Å². The summed E-state index contributed by atoms with van der Waals surface area (Å²) in [5.74, 6) is 0.321. The van der Waals surface area contributed by atoms with Gasteiger partial charge in [0.1, 0.15) is 5.82 Å². The Labute approximate surface area is 126 Å². The zero-order valence-electron chi connectivity index (χ0n) is 11.3. The predicted molar refractivity (Wildman–Crippen MR) is 74.7 cm³/mol. The average molecular weight is 312 g/mol. The van der Waals surface area contributed by atoms with Crippen LogP contribution in [-0.2, 0) is 11.2 Å². The molecular weight excluding hydrogens is 297 g/mol. The molecule has 0 aliphatic carbocycles. The number of nitrogens with zero attached hydrogens (tertiary/aromatic N) is 2. The van der Waals surface area contributed by atoms with E-state index in [1.54, 1.807) is 12.1 Å².